The quantitative estimate of drug-likeness (QED) is 0.565. The fourth-order valence-electron chi connectivity index (χ4n) is 2.74. The Kier molecular flexibility index (Phi) is 3.23. The minimum Gasteiger partial charge on any atom is -0.440 e. The van der Waals surface area contributed by atoms with E-state index in [1.54, 1.807) is 0 Å². The molecule has 0 aliphatic carbocycles. The van der Waals surface area contributed by atoms with Gasteiger partial charge in [0.25, 0.3) is 0 Å². The van der Waals surface area contributed by atoms with Crippen LogP contribution >= 0.6 is 0 Å². The molecule has 23 heavy (non-hydrogen) atoms. The zero-order valence-corrected chi connectivity index (χ0v) is 13.2. The van der Waals surface area contributed by atoms with E-state index >= 15 is 0 Å². The lowest BCUT2D eigenvalue weighted by atomic mass is 10.2. The standard InChI is InChI=1S/C19H17N3O/c1-13-14(2)23-19(20-13)18-16-10-6-7-11-17(16)22(21-18)12-15-8-4-3-5-9-15/h3-11H,12H2,1-2H3. The molecule has 0 atom stereocenters. The van der Waals surface area contributed by atoms with Crippen LogP contribution < -0.4 is 0 Å². The maximum Gasteiger partial charge on any atom is 0.248 e. The van der Waals surface area contributed by atoms with Crippen LogP contribution in [-0.2, 0) is 6.54 Å². The lowest BCUT2D eigenvalue weighted by Crippen LogP contribution is -2.01. The number of aromatic nitrogens is 3. The molecular formula is C19H17N3O. The Morgan fingerprint density at radius 3 is 2.43 bits per heavy atom. The first-order chi connectivity index (χ1) is 11.2. The molecule has 2 aromatic heterocycles. The normalized spacial score (nSPS) is 11.2. The first kappa shape index (κ1) is 13.8. The summed E-state index contributed by atoms with van der Waals surface area (Å²) in [7, 11) is 0. The minimum atomic E-state index is 0.586. The molecule has 0 saturated heterocycles. The Balaban J connectivity index is 1.86. The molecule has 0 aliphatic rings. The molecule has 0 aliphatic heterocycles. The molecule has 0 radical (unpaired) electrons. The van der Waals surface area contributed by atoms with Crippen molar-refractivity contribution in [2.45, 2.75) is 20.4 Å². The predicted molar refractivity (Wildman–Crippen MR) is 90.2 cm³/mol. The topological polar surface area (TPSA) is 43.9 Å². The van der Waals surface area contributed by atoms with Crippen LogP contribution in [0.4, 0.5) is 0 Å². The molecule has 2 aromatic carbocycles. The fraction of sp³-hybridized carbons (Fsp3) is 0.158. The van der Waals surface area contributed by atoms with Crippen LogP contribution in [0.3, 0.4) is 0 Å². The van der Waals surface area contributed by atoms with Crippen molar-refractivity contribution < 1.29 is 4.42 Å². The summed E-state index contributed by atoms with van der Waals surface area (Å²) in [5.74, 6) is 1.42. The molecule has 0 unspecified atom stereocenters. The number of nitrogens with zero attached hydrogens (tertiary/aromatic N) is 3. The number of hydrogen-bond donors (Lipinski definition) is 0. The van der Waals surface area contributed by atoms with Gasteiger partial charge in [-0.2, -0.15) is 5.10 Å². The molecule has 4 rings (SSSR count). The summed E-state index contributed by atoms with van der Waals surface area (Å²) in [4.78, 5) is 4.51. The molecule has 4 heteroatoms. The molecule has 0 spiro atoms. The van der Waals surface area contributed by atoms with Crippen LogP contribution in [0.25, 0.3) is 22.5 Å². The predicted octanol–water partition coefficient (Wildman–Crippen LogP) is 4.36. The molecule has 4 nitrogen and oxygen atoms in total. The van der Waals surface area contributed by atoms with E-state index in [4.69, 9.17) is 9.52 Å². The number of benzene rings is 2. The summed E-state index contributed by atoms with van der Waals surface area (Å²) in [5.41, 5.74) is 4.00. The first-order valence-electron chi connectivity index (χ1n) is 7.66. The summed E-state index contributed by atoms with van der Waals surface area (Å²) >= 11 is 0. The third-order valence-electron chi connectivity index (χ3n) is 4.06. The Hall–Kier alpha value is -2.88. The summed E-state index contributed by atoms with van der Waals surface area (Å²) in [6.07, 6.45) is 0. The number of fused-ring (bicyclic) bond motifs is 1. The number of para-hydroxylation sites is 1. The van der Waals surface area contributed by atoms with E-state index in [0.29, 0.717) is 5.89 Å². The van der Waals surface area contributed by atoms with Gasteiger partial charge in [0.2, 0.25) is 5.89 Å². The fourth-order valence-corrected chi connectivity index (χ4v) is 2.74. The first-order valence-corrected chi connectivity index (χ1v) is 7.66. The summed E-state index contributed by atoms with van der Waals surface area (Å²) in [5, 5.41) is 5.83. The van der Waals surface area contributed by atoms with Crippen molar-refractivity contribution in [2.24, 2.45) is 0 Å². The van der Waals surface area contributed by atoms with Crippen molar-refractivity contribution in [1.29, 1.82) is 0 Å². The van der Waals surface area contributed by atoms with Crippen LogP contribution in [-0.4, -0.2) is 14.8 Å². The average molecular weight is 303 g/mol. The van der Waals surface area contributed by atoms with E-state index < -0.39 is 0 Å². The van der Waals surface area contributed by atoms with Gasteiger partial charge >= 0.3 is 0 Å². The second-order valence-electron chi connectivity index (χ2n) is 5.67. The van der Waals surface area contributed by atoms with Gasteiger partial charge in [0.1, 0.15) is 5.76 Å². The van der Waals surface area contributed by atoms with Gasteiger partial charge in [-0.25, -0.2) is 4.98 Å². The zero-order valence-electron chi connectivity index (χ0n) is 13.2. The highest BCUT2D eigenvalue weighted by Gasteiger charge is 2.17. The number of aryl methyl sites for hydroxylation is 2. The molecule has 0 bridgehead atoms. The Bertz CT molecular complexity index is 947. The van der Waals surface area contributed by atoms with Crippen LogP contribution in [0.1, 0.15) is 17.0 Å². The Labute approximate surface area is 134 Å². The van der Waals surface area contributed by atoms with Gasteiger partial charge in [-0.15, -0.1) is 0 Å². The molecule has 4 aromatic rings. The number of rotatable bonds is 3. The summed E-state index contributed by atoms with van der Waals surface area (Å²) in [6.45, 7) is 4.60. The van der Waals surface area contributed by atoms with Gasteiger partial charge < -0.3 is 4.42 Å². The van der Waals surface area contributed by atoms with Crippen LogP contribution in [0, 0.1) is 13.8 Å². The maximum atomic E-state index is 5.79. The zero-order chi connectivity index (χ0) is 15.8. The monoisotopic (exact) mass is 303 g/mol. The third-order valence-corrected chi connectivity index (χ3v) is 4.06. The highest BCUT2D eigenvalue weighted by molar-refractivity contribution is 5.91. The highest BCUT2D eigenvalue weighted by atomic mass is 16.4. The van der Waals surface area contributed by atoms with Gasteiger partial charge in [-0.3, -0.25) is 4.68 Å². The van der Waals surface area contributed by atoms with E-state index in [9.17, 15) is 0 Å². The van der Waals surface area contributed by atoms with Gasteiger partial charge in [0, 0.05) is 5.39 Å². The lowest BCUT2D eigenvalue weighted by Gasteiger charge is -2.03. The minimum absolute atomic E-state index is 0.586. The van der Waals surface area contributed by atoms with Crippen molar-refractivity contribution in [1.82, 2.24) is 14.8 Å². The summed E-state index contributed by atoms with van der Waals surface area (Å²) in [6, 6.07) is 18.5. The molecule has 2 heterocycles. The second-order valence-corrected chi connectivity index (χ2v) is 5.67. The summed E-state index contributed by atoms with van der Waals surface area (Å²) < 4.78 is 7.79. The van der Waals surface area contributed by atoms with E-state index in [1.165, 1.54) is 5.56 Å². The Morgan fingerprint density at radius 2 is 1.70 bits per heavy atom. The van der Waals surface area contributed by atoms with Crippen molar-refractivity contribution in [3.63, 3.8) is 0 Å². The Morgan fingerprint density at radius 1 is 0.957 bits per heavy atom. The molecule has 0 fully saturated rings. The van der Waals surface area contributed by atoms with Gasteiger partial charge in [-0.1, -0.05) is 48.5 Å². The van der Waals surface area contributed by atoms with E-state index in [1.807, 2.05) is 48.9 Å². The van der Waals surface area contributed by atoms with Gasteiger partial charge in [-0.05, 0) is 25.5 Å². The van der Waals surface area contributed by atoms with Gasteiger partial charge in [0.05, 0.1) is 17.8 Å². The molecule has 0 saturated carbocycles. The molecule has 0 amide bonds. The number of hydrogen-bond acceptors (Lipinski definition) is 3. The van der Waals surface area contributed by atoms with E-state index in [0.717, 1.165) is 34.6 Å². The number of oxazole rings is 1. The van der Waals surface area contributed by atoms with Gasteiger partial charge in [0.15, 0.2) is 5.69 Å². The van der Waals surface area contributed by atoms with Crippen LogP contribution in [0.15, 0.2) is 59.0 Å². The molecule has 114 valence electrons. The third kappa shape index (κ3) is 2.42. The second kappa shape index (κ2) is 5.39. The van der Waals surface area contributed by atoms with Crippen LogP contribution in [0.2, 0.25) is 0 Å². The van der Waals surface area contributed by atoms with Crippen LogP contribution in [0.5, 0.6) is 0 Å². The SMILES string of the molecule is Cc1nc(-c2nn(Cc3ccccc3)c3ccccc23)oc1C. The van der Waals surface area contributed by atoms with Crippen molar-refractivity contribution in [3.8, 4) is 11.6 Å². The van der Waals surface area contributed by atoms with E-state index in [2.05, 4.69) is 29.2 Å². The average Bonchev–Trinajstić information content (AvgIpc) is 3.10. The lowest BCUT2D eigenvalue weighted by molar-refractivity contribution is 0.537. The van der Waals surface area contributed by atoms with Crippen molar-refractivity contribution >= 4 is 10.9 Å². The smallest absolute Gasteiger partial charge is 0.248 e. The van der Waals surface area contributed by atoms with Crippen molar-refractivity contribution in [2.75, 3.05) is 0 Å². The molecule has 0 N–H and O–H groups in total. The maximum absolute atomic E-state index is 5.79. The highest BCUT2D eigenvalue weighted by Crippen LogP contribution is 2.29. The molecular weight excluding hydrogens is 286 g/mol. The van der Waals surface area contributed by atoms with E-state index in [-0.39, 0.29) is 0 Å². The largest absolute Gasteiger partial charge is 0.440 e. The van der Waals surface area contributed by atoms with Crippen molar-refractivity contribution in [3.05, 3.63) is 71.6 Å².